The number of rotatable bonds is 4. The van der Waals surface area contributed by atoms with E-state index in [9.17, 15) is 0 Å². The highest BCUT2D eigenvalue weighted by Gasteiger charge is 2.24. The maximum atomic E-state index is 5.83. The molecule has 0 amide bonds. The zero-order valence-corrected chi connectivity index (χ0v) is 8.12. The van der Waals surface area contributed by atoms with Crippen LogP contribution in [0.4, 0.5) is 0 Å². The Morgan fingerprint density at radius 3 is 2.92 bits per heavy atom. The van der Waals surface area contributed by atoms with Gasteiger partial charge in [-0.05, 0) is 25.8 Å². The lowest BCUT2D eigenvalue weighted by Crippen LogP contribution is -2.31. The van der Waals surface area contributed by atoms with Gasteiger partial charge in [0.05, 0.1) is 6.61 Å². The highest BCUT2D eigenvalue weighted by molar-refractivity contribution is 4.80. The van der Waals surface area contributed by atoms with Crippen LogP contribution in [0.3, 0.4) is 0 Å². The predicted molar refractivity (Wildman–Crippen MR) is 50.1 cm³/mol. The fourth-order valence-electron chi connectivity index (χ4n) is 1.72. The Labute approximate surface area is 74.9 Å². The lowest BCUT2D eigenvalue weighted by Gasteiger charge is -2.16. The van der Waals surface area contributed by atoms with E-state index in [0.29, 0.717) is 12.0 Å². The van der Waals surface area contributed by atoms with Gasteiger partial charge in [0, 0.05) is 26.2 Å². The molecule has 0 saturated carbocycles. The van der Waals surface area contributed by atoms with Crippen molar-refractivity contribution in [3.05, 3.63) is 0 Å². The lowest BCUT2D eigenvalue weighted by atomic mass is 10.0. The van der Waals surface area contributed by atoms with E-state index in [1.165, 1.54) is 13.0 Å². The molecule has 1 aliphatic rings. The molecule has 3 nitrogen and oxygen atoms in total. The summed E-state index contributed by atoms with van der Waals surface area (Å²) in [6, 6.07) is 0.345. The second-order valence-corrected chi connectivity index (χ2v) is 3.70. The average Bonchev–Trinajstić information content (AvgIpc) is 2.48. The molecule has 2 unspecified atom stereocenters. The van der Waals surface area contributed by atoms with Crippen LogP contribution in [-0.2, 0) is 4.74 Å². The Balaban J connectivity index is 2.17. The first-order valence-electron chi connectivity index (χ1n) is 4.71. The van der Waals surface area contributed by atoms with Crippen LogP contribution in [0.5, 0.6) is 0 Å². The highest BCUT2D eigenvalue weighted by atomic mass is 16.5. The normalized spacial score (nSPS) is 27.8. The Bertz CT molecular complexity index is 128. The molecule has 1 rings (SSSR count). The van der Waals surface area contributed by atoms with Gasteiger partial charge in [-0.3, -0.25) is 0 Å². The van der Waals surface area contributed by atoms with Gasteiger partial charge in [0.1, 0.15) is 0 Å². The summed E-state index contributed by atoms with van der Waals surface area (Å²) in [5, 5.41) is 0. The van der Waals surface area contributed by atoms with E-state index in [2.05, 4.69) is 11.8 Å². The van der Waals surface area contributed by atoms with E-state index in [1.807, 2.05) is 0 Å². The summed E-state index contributed by atoms with van der Waals surface area (Å²) in [5.74, 6) is 0.696. The van der Waals surface area contributed by atoms with Crippen molar-refractivity contribution in [1.82, 2.24) is 4.90 Å². The molecule has 0 aliphatic carbocycles. The summed E-state index contributed by atoms with van der Waals surface area (Å²) in [5.41, 5.74) is 5.83. The summed E-state index contributed by atoms with van der Waals surface area (Å²) >= 11 is 0. The minimum atomic E-state index is 0.345. The first kappa shape index (κ1) is 9.96. The predicted octanol–water partition coefficient (Wildman–Crippen LogP) is 0.302. The van der Waals surface area contributed by atoms with Crippen molar-refractivity contribution in [2.24, 2.45) is 11.7 Å². The van der Waals surface area contributed by atoms with E-state index in [-0.39, 0.29) is 0 Å². The van der Waals surface area contributed by atoms with E-state index in [1.54, 1.807) is 7.11 Å². The molecule has 1 aliphatic heterocycles. The zero-order valence-electron chi connectivity index (χ0n) is 8.12. The molecule has 2 atom stereocenters. The van der Waals surface area contributed by atoms with Gasteiger partial charge in [0.25, 0.3) is 0 Å². The lowest BCUT2D eigenvalue weighted by molar-refractivity contribution is 0.158. The van der Waals surface area contributed by atoms with Crippen molar-refractivity contribution in [3.63, 3.8) is 0 Å². The third kappa shape index (κ3) is 2.73. The summed E-state index contributed by atoms with van der Waals surface area (Å²) in [4.78, 5) is 2.43. The third-order valence-electron chi connectivity index (χ3n) is 2.66. The number of likely N-dealkylation sites (tertiary alicyclic amines) is 1. The number of ether oxygens (including phenoxy) is 1. The second-order valence-electron chi connectivity index (χ2n) is 3.70. The van der Waals surface area contributed by atoms with E-state index >= 15 is 0 Å². The Hall–Kier alpha value is -0.120. The summed E-state index contributed by atoms with van der Waals surface area (Å²) in [6.07, 6.45) is 1.25. The molecule has 72 valence electrons. The molecular weight excluding hydrogens is 152 g/mol. The van der Waals surface area contributed by atoms with Crippen LogP contribution in [0, 0.1) is 5.92 Å². The maximum Gasteiger partial charge on any atom is 0.0589 e. The van der Waals surface area contributed by atoms with Crippen molar-refractivity contribution in [1.29, 1.82) is 0 Å². The van der Waals surface area contributed by atoms with Crippen LogP contribution in [0.15, 0.2) is 0 Å². The van der Waals surface area contributed by atoms with Gasteiger partial charge < -0.3 is 15.4 Å². The molecule has 0 aromatic carbocycles. The molecule has 12 heavy (non-hydrogen) atoms. The molecule has 1 saturated heterocycles. The average molecular weight is 172 g/mol. The van der Waals surface area contributed by atoms with Crippen LogP contribution in [0.25, 0.3) is 0 Å². The monoisotopic (exact) mass is 172 g/mol. The van der Waals surface area contributed by atoms with Crippen molar-refractivity contribution < 1.29 is 4.74 Å². The molecule has 0 aromatic rings. The topological polar surface area (TPSA) is 38.5 Å². The van der Waals surface area contributed by atoms with E-state index in [0.717, 1.165) is 19.7 Å². The molecule has 3 heteroatoms. The van der Waals surface area contributed by atoms with Crippen LogP contribution in [0.1, 0.15) is 13.3 Å². The van der Waals surface area contributed by atoms with Gasteiger partial charge in [-0.25, -0.2) is 0 Å². The Kier molecular flexibility index (Phi) is 3.98. The van der Waals surface area contributed by atoms with Crippen molar-refractivity contribution >= 4 is 0 Å². The first-order valence-corrected chi connectivity index (χ1v) is 4.71. The molecular formula is C9H20N2O. The van der Waals surface area contributed by atoms with Gasteiger partial charge in [-0.1, -0.05) is 0 Å². The fraction of sp³-hybridized carbons (Fsp3) is 1.00. The minimum absolute atomic E-state index is 0.345. The van der Waals surface area contributed by atoms with Crippen molar-refractivity contribution in [2.45, 2.75) is 19.4 Å². The minimum Gasteiger partial charge on any atom is -0.383 e. The van der Waals surface area contributed by atoms with Crippen LogP contribution in [-0.4, -0.2) is 44.3 Å². The fourth-order valence-corrected chi connectivity index (χ4v) is 1.72. The SMILES string of the molecule is COCCN1CCC(C(C)N)C1. The van der Waals surface area contributed by atoms with Crippen molar-refractivity contribution in [2.75, 3.05) is 33.4 Å². The molecule has 1 fully saturated rings. The van der Waals surface area contributed by atoms with Gasteiger partial charge in [0.2, 0.25) is 0 Å². The Morgan fingerprint density at radius 1 is 1.67 bits per heavy atom. The van der Waals surface area contributed by atoms with Gasteiger partial charge in [-0.15, -0.1) is 0 Å². The van der Waals surface area contributed by atoms with Gasteiger partial charge in [0.15, 0.2) is 0 Å². The summed E-state index contributed by atoms with van der Waals surface area (Å²) < 4.78 is 5.03. The molecule has 0 spiro atoms. The quantitative estimate of drug-likeness (QED) is 0.663. The van der Waals surface area contributed by atoms with Gasteiger partial charge >= 0.3 is 0 Å². The zero-order chi connectivity index (χ0) is 8.97. The largest absolute Gasteiger partial charge is 0.383 e. The summed E-state index contributed by atoms with van der Waals surface area (Å²) in [6.45, 7) is 6.34. The molecule has 0 radical (unpaired) electrons. The molecule has 0 aromatic heterocycles. The Morgan fingerprint density at radius 2 is 2.42 bits per heavy atom. The van der Waals surface area contributed by atoms with Crippen LogP contribution < -0.4 is 5.73 Å². The number of methoxy groups -OCH3 is 1. The summed E-state index contributed by atoms with van der Waals surface area (Å²) in [7, 11) is 1.75. The third-order valence-corrected chi connectivity index (χ3v) is 2.66. The number of hydrogen-bond donors (Lipinski definition) is 1. The smallest absolute Gasteiger partial charge is 0.0589 e. The van der Waals surface area contributed by atoms with Crippen LogP contribution >= 0.6 is 0 Å². The molecule has 2 N–H and O–H groups in total. The van der Waals surface area contributed by atoms with Gasteiger partial charge in [-0.2, -0.15) is 0 Å². The standard InChI is InChI=1S/C9H20N2O/c1-8(10)9-3-4-11(7-9)5-6-12-2/h8-9H,3-7,10H2,1-2H3. The van der Waals surface area contributed by atoms with E-state index < -0.39 is 0 Å². The maximum absolute atomic E-state index is 5.83. The number of hydrogen-bond acceptors (Lipinski definition) is 3. The highest BCUT2D eigenvalue weighted by Crippen LogP contribution is 2.17. The molecule has 0 bridgehead atoms. The number of nitrogens with two attached hydrogens (primary N) is 1. The molecule has 1 heterocycles. The van der Waals surface area contributed by atoms with E-state index in [4.69, 9.17) is 10.5 Å². The van der Waals surface area contributed by atoms with Crippen LogP contribution in [0.2, 0.25) is 0 Å². The number of nitrogens with zero attached hydrogens (tertiary/aromatic N) is 1. The second kappa shape index (κ2) is 4.80. The first-order chi connectivity index (χ1) is 5.74. The van der Waals surface area contributed by atoms with Crippen molar-refractivity contribution in [3.8, 4) is 0 Å².